The van der Waals surface area contributed by atoms with Crippen LogP contribution in [0.25, 0.3) is 0 Å². The van der Waals surface area contributed by atoms with Crippen LogP contribution in [0.1, 0.15) is 48.4 Å². The Bertz CT molecular complexity index is 593. The molecule has 0 aromatic heterocycles. The Balaban J connectivity index is 1.76. The molecule has 2 N–H and O–H groups in total. The maximum absolute atomic E-state index is 9.84. The molecule has 1 aliphatic rings. The van der Waals surface area contributed by atoms with E-state index in [9.17, 15) is 5.11 Å². The second-order valence-corrected chi connectivity index (χ2v) is 5.67. The van der Waals surface area contributed by atoms with E-state index in [2.05, 4.69) is 36.5 Å². The lowest BCUT2D eigenvalue weighted by atomic mass is 9.81. The van der Waals surface area contributed by atoms with Gasteiger partial charge in [-0.2, -0.15) is 0 Å². The highest BCUT2D eigenvalue weighted by Gasteiger charge is 2.23. The van der Waals surface area contributed by atoms with Crippen molar-refractivity contribution in [1.29, 1.82) is 0 Å². The lowest BCUT2D eigenvalue weighted by Crippen LogP contribution is -2.25. The average Bonchev–Trinajstić information content (AvgIpc) is 2.48. The van der Waals surface area contributed by atoms with Crippen LogP contribution < -0.4 is 5.32 Å². The molecule has 20 heavy (non-hydrogen) atoms. The quantitative estimate of drug-likeness (QED) is 0.876. The average molecular weight is 267 g/mol. The highest BCUT2D eigenvalue weighted by Crippen LogP contribution is 2.37. The smallest absolute Gasteiger partial charge is 0.120 e. The first kappa shape index (κ1) is 13.2. The van der Waals surface area contributed by atoms with E-state index in [0.717, 1.165) is 12.0 Å². The van der Waals surface area contributed by atoms with Crippen molar-refractivity contribution in [1.82, 2.24) is 5.32 Å². The Labute approximate surface area is 120 Å². The Morgan fingerprint density at radius 2 is 1.70 bits per heavy atom. The molecule has 0 amide bonds. The second-order valence-electron chi connectivity index (χ2n) is 5.67. The number of para-hydroxylation sites is 1. The fraction of sp³-hybridized carbons (Fsp3) is 0.333. The highest BCUT2D eigenvalue weighted by molar-refractivity contribution is 5.36. The molecule has 0 saturated heterocycles. The summed E-state index contributed by atoms with van der Waals surface area (Å²) < 4.78 is 0. The van der Waals surface area contributed by atoms with Gasteiger partial charge in [-0.1, -0.05) is 49.4 Å². The molecule has 0 fully saturated rings. The maximum Gasteiger partial charge on any atom is 0.120 e. The minimum atomic E-state index is 0.373. The molecule has 0 saturated carbocycles. The van der Waals surface area contributed by atoms with Gasteiger partial charge in [0, 0.05) is 18.2 Å². The van der Waals surface area contributed by atoms with Gasteiger partial charge in [0.05, 0.1) is 0 Å². The standard InChI is InChI=1S/C18H21NO/c1-13-10-11-17(16-8-4-3-7-15(13)16)19-12-14-6-2-5-9-18(14)20/h2-9,13,17,19-20H,10-12H2,1H3. The van der Waals surface area contributed by atoms with Crippen molar-refractivity contribution in [3.8, 4) is 5.75 Å². The molecule has 2 unspecified atom stereocenters. The maximum atomic E-state index is 9.84. The molecule has 0 heterocycles. The molecule has 3 rings (SSSR count). The first-order valence-corrected chi connectivity index (χ1v) is 7.35. The van der Waals surface area contributed by atoms with E-state index in [4.69, 9.17) is 0 Å². The lowest BCUT2D eigenvalue weighted by Gasteiger charge is -2.30. The van der Waals surface area contributed by atoms with E-state index in [1.165, 1.54) is 17.5 Å². The van der Waals surface area contributed by atoms with E-state index < -0.39 is 0 Å². The summed E-state index contributed by atoms with van der Waals surface area (Å²) in [5, 5.41) is 13.4. The van der Waals surface area contributed by atoms with Gasteiger partial charge in [-0.25, -0.2) is 0 Å². The van der Waals surface area contributed by atoms with Gasteiger partial charge in [-0.15, -0.1) is 0 Å². The third-order valence-corrected chi connectivity index (χ3v) is 4.32. The van der Waals surface area contributed by atoms with Crippen molar-refractivity contribution in [3.63, 3.8) is 0 Å². The van der Waals surface area contributed by atoms with Crippen LogP contribution in [0.4, 0.5) is 0 Å². The fourth-order valence-corrected chi connectivity index (χ4v) is 3.11. The van der Waals surface area contributed by atoms with Gasteiger partial charge in [0.25, 0.3) is 0 Å². The van der Waals surface area contributed by atoms with Crippen LogP contribution in [-0.2, 0) is 6.54 Å². The Morgan fingerprint density at radius 3 is 2.50 bits per heavy atom. The first-order chi connectivity index (χ1) is 9.75. The van der Waals surface area contributed by atoms with Crippen LogP contribution >= 0.6 is 0 Å². The number of fused-ring (bicyclic) bond motifs is 1. The number of nitrogens with one attached hydrogen (secondary N) is 1. The molecule has 2 atom stereocenters. The SMILES string of the molecule is CC1CCC(NCc2ccccc2O)c2ccccc21. The Hall–Kier alpha value is -1.80. The Kier molecular flexibility index (Phi) is 3.75. The van der Waals surface area contributed by atoms with Gasteiger partial charge in [0.2, 0.25) is 0 Å². The van der Waals surface area contributed by atoms with E-state index in [0.29, 0.717) is 24.3 Å². The van der Waals surface area contributed by atoms with Crippen LogP contribution in [0.5, 0.6) is 5.75 Å². The monoisotopic (exact) mass is 267 g/mol. The van der Waals surface area contributed by atoms with Crippen molar-refractivity contribution in [2.24, 2.45) is 0 Å². The summed E-state index contributed by atoms with van der Waals surface area (Å²) in [7, 11) is 0. The largest absolute Gasteiger partial charge is 0.508 e. The molecule has 0 spiro atoms. The van der Waals surface area contributed by atoms with Crippen molar-refractivity contribution < 1.29 is 5.11 Å². The number of phenols is 1. The van der Waals surface area contributed by atoms with Gasteiger partial charge >= 0.3 is 0 Å². The molecule has 2 heteroatoms. The van der Waals surface area contributed by atoms with Gasteiger partial charge in [0.15, 0.2) is 0 Å². The fourth-order valence-electron chi connectivity index (χ4n) is 3.11. The molecule has 2 nitrogen and oxygen atoms in total. The van der Waals surface area contributed by atoms with E-state index in [1.54, 1.807) is 6.07 Å². The number of hydrogen-bond donors (Lipinski definition) is 2. The van der Waals surface area contributed by atoms with E-state index in [1.807, 2.05) is 18.2 Å². The number of aromatic hydroxyl groups is 1. The molecule has 2 aromatic carbocycles. The normalized spacial score (nSPS) is 21.4. The first-order valence-electron chi connectivity index (χ1n) is 7.35. The van der Waals surface area contributed by atoms with Gasteiger partial charge < -0.3 is 10.4 Å². The molecule has 2 aromatic rings. The zero-order chi connectivity index (χ0) is 13.9. The van der Waals surface area contributed by atoms with E-state index in [-0.39, 0.29) is 0 Å². The highest BCUT2D eigenvalue weighted by atomic mass is 16.3. The van der Waals surface area contributed by atoms with Crippen LogP contribution in [-0.4, -0.2) is 5.11 Å². The van der Waals surface area contributed by atoms with Crippen LogP contribution in [0.15, 0.2) is 48.5 Å². The molecular formula is C18H21NO. The summed E-state index contributed by atoms with van der Waals surface area (Å²) in [5.41, 5.74) is 3.85. The van der Waals surface area contributed by atoms with Gasteiger partial charge in [0.1, 0.15) is 5.75 Å². The molecule has 1 aliphatic carbocycles. The summed E-state index contributed by atoms with van der Waals surface area (Å²) in [6.07, 6.45) is 2.38. The van der Waals surface area contributed by atoms with Gasteiger partial charge in [-0.3, -0.25) is 0 Å². The van der Waals surface area contributed by atoms with Crippen molar-refractivity contribution in [2.45, 2.75) is 38.3 Å². The molecule has 0 aliphatic heterocycles. The summed E-state index contributed by atoms with van der Waals surface area (Å²) in [4.78, 5) is 0. The number of hydrogen-bond acceptors (Lipinski definition) is 2. The zero-order valence-corrected chi connectivity index (χ0v) is 11.8. The number of phenolic OH excluding ortho intramolecular Hbond substituents is 1. The van der Waals surface area contributed by atoms with Crippen LogP contribution in [0.2, 0.25) is 0 Å². The minimum absolute atomic E-state index is 0.373. The lowest BCUT2D eigenvalue weighted by molar-refractivity contribution is 0.420. The third-order valence-electron chi connectivity index (χ3n) is 4.32. The van der Waals surface area contributed by atoms with Crippen molar-refractivity contribution in [2.75, 3.05) is 0 Å². The summed E-state index contributed by atoms with van der Waals surface area (Å²) in [5.74, 6) is 1.02. The third kappa shape index (κ3) is 2.56. The topological polar surface area (TPSA) is 32.3 Å². The predicted octanol–water partition coefficient (Wildman–Crippen LogP) is 4.12. The number of rotatable bonds is 3. The van der Waals surface area contributed by atoms with Crippen LogP contribution in [0, 0.1) is 0 Å². The van der Waals surface area contributed by atoms with Crippen molar-refractivity contribution in [3.05, 3.63) is 65.2 Å². The Morgan fingerprint density at radius 1 is 1.00 bits per heavy atom. The molecule has 104 valence electrons. The predicted molar refractivity (Wildman–Crippen MR) is 81.8 cm³/mol. The van der Waals surface area contributed by atoms with E-state index >= 15 is 0 Å². The summed E-state index contributed by atoms with van der Waals surface area (Å²) in [6, 6.07) is 16.6. The molecule has 0 bridgehead atoms. The molecule has 0 radical (unpaired) electrons. The zero-order valence-electron chi connectivity index (χ0n) is 11.8. The van der Waals surface area contributed by atoms with Crippen molar-refractivity contribution >= 4 is 0 Å². The number of benzene rings is 2. The second kappa shape index (κ2) is 5.68. The minimum Gasteiger partial charge on any atom is -0.508 e. The molecular weight excluding hydrogens is 246 g/mol. The van der Waals surface area contributed by atoms with Gasteiger partial charge in [-0.05, 0) is 36.0 Å². The van der Waals surface area contributed by atoms with Crippen LogP contribution in [0.3, 0.4) is 0 Å². The summed E-state index contributed by atoms with van der Waals surface area (Å²) >= 11 is 0. The summed E-state index contributed by atoms with van der Waals surface area (Å²) in [6.45, 7) is 3.01.